The lowest BCUT2D eigenvalue weighted by molar-refractivity contribution is -0.198. The van der Waals surface area contributed by atoms with Crippen LogP contribution in [-0.4, -0.2) is 40.6 Å². The molecule has 32 heavy (non-hydrogen) atoms. The highest BCUT2D eigenvalue weighted by Crippen LogP contribution is 2.20. The molecule has 1 aliphatic heterocycles. The minimum Gasteiger partial charge on any atom is -0.444 e. The van der Waals surface area contributed by atoms with E-state index in [9.17, 15) is 19.2 Å². The predicted octanol–water partition coefficient (Wildman–Crippen LogP) is 3.40. The minimum atomic E-state index is -1.16. The number of carbonyl (C=O) groups excluding carboxylic acids is 4. The quantitative estimate of drug-likeness (QED) is 0.694. The highest BCUT2D eigenvalue weighted by atomic mass is 16.7. The van der Waals surface area contributed by atoms with Gasteiger partial charge in [-0.15, -0.1) is 5.06 Å². The third kappa shape index (κ3) is 6.16. The summed E-state index contributed by atoms with van der Waals surface area (Å²) in [4.78, 5) is 53.6. The molecule has 0 aliphatic carbocycles. The Hall–Kier alpha value is -3.68. The Bertz CT molecular complexity index is 979. The number of ether oxygens (including phenoxy) is 1. The fourth-order valence-electron chi connectivity index (χ4n) is 3.15. The normalized spacial score (nSPS) is 14.8. The summed E-state index contributed by atoms with van der Waals surface area (Å²) in [5, 5.41) is 2.95. The van der Waals surface area contributed by atoms with E-state index in [4.69, 9.17) is 9.57 Å². The molecular formula is C24H26N2O6. The van der Waals surface area contributed by atoms with E-state index in [1.54, 1.807) is 20.8 Å². The zero-order valence-electron chi connectivity index (χ0n) is 18.3. The summed E-state index contributed by atoms with van der Waals surface area (Å²) in [7, 11) is 0. The molecule has 0 radical (unpaired) electrons. The van der Waals surface area contributed by atoms with Crippen LogP contribution in [0.3, 0.4) is 0 Å². The van der Waals surface area contributed by atoms with Crippen LogP contribution < -0.4 is 5.32 Å². The lowest BCUT2D eigenvalue weighted by Crippen LogP contribution is -2.48. The van der Waals surface area contributed by atoms with Gasteiger partial charge in [-0.25, -0.2) is 9.59 Å². The zero-order valence-corrected chi connectivity index (χ0v) is 18.3. The van der Waals surface area contributed by atoms with Gasteiger partial charge >= 0.3 is 12.1 Å². The van der Waals surface area contributed by atoms with Crippen LogP contribution in [0.2, 0.25) is 0 Å². The lowest BCUT2D eigenvalue weighted by Gasteiger charge is -2.24. The molecule has 1 fully saturated rings. The van der Waals surface area contributed by atoms with E-state index in [0.717, 1.165) is 16.7 Å². The Morgan fingerprint density at radius 2 is 1.50 bits per heavy atom. The number of alkyl carbamates (subject to hydrolysis) is 1. The number of amides is 3. The first kappa shape index (κ1) is 23.0. The predicted molar refractivity (Wildman–Crippen MR) is 116 cm³/mol. The van der Waals surface area contributed by atoms with Crippen LogP contribution in [0.5, 0.6) is 0 Å². The van der Waals surface area contributed by atoms with E-state index < -0.39 is 35.5 Å². The molecule has 2 aromatic rings. The third-order valence-electron chi connectivity index (χ3n) is 4.66. The fraction of sp³-hybridized carbons (Fsp3) is 0.333. The summed E-state index contributed by atoms with van der Waals surface area (Å²) in [5.41, 5.74) is 2.04. The average Bonchev–Trinajstić information content (AvgIpc) is 3.05. The van der Waals surface area contributed by atoms with Gasteiger partial charge in [0.1, 0.15) is 11.6 Å². The van der Waals surface area contributed by atoms with E-state index in [1.165, 1.54) is 0 Å². The van der Waals surface area contributed by atoms with E-state index in [-0.39, 0.29) is 19.3 Å². The standard InChI is InChI=1S/C24H26N2O6/c1-24(2,3)31-23(30)25-19(22(29)32-26-20(27)13-14-21(26)28)15-16-9-11-18(12-10-16)17-7-5-4-6-8-17/h4-12,19H,13-15H2,1-3H3,(H,25,30)/t19-/m0/s1. The Morgan fingerprint density at radius 1 is 0.938 bits per heavy atom. The van der Waals surface area contributed by atoms with Gasteiger partial charge in [-0.2, -0.15) is 0 Å². The topological polar surface area (TPSA) is 102 Å². The molecular weight excluding hydrogens is 412 g/mol. The van der Waals surface area contributed by atoms with Crippen molar-refractivity contribution in [3.8, 4) is 11.1 Å². The second-order valence-electron chi connectivity index (χ2n) is 8.46. The summed E-state index contributed by atoms with van der Waals surface area (Å²) < 4.78 is 5.24. The van der Waals surface area contributed by atoms with Crippen molar-refractivity contribution >= 4 is 23.9 Å². The van der Waals surface area contributed by atoms with E-state index in [2.05, 4.69) is 5.32 Å². The van der Waals surface area contributed by atoms with Gasteiger partial charge in [0, 0.05) is 19.3 Å². The largest absolute Gasteiger partial charge is 0.444 e. The maximum Gasteiger partial charge on any atom is 0.408 e. The second kappa shape index (κ2) is 9.64. The molecule has 0 unspecified atom stereocenters. The van der Waals surface area contributed by atoms with Gasteiger partial charge in [-0.3, -0.25) is 9.59 Å². The van der Waals surface area contributed by atoms with Gasteiger partial charge < -0.3 is 14.9 Å². The maximum absolute atomic E-state index is 12.7. The summed E-state index contributed by atoms with van der Waals surface area (Å²) in [6, 6.07) is 16.1. The van der Waals surface area contributed by atoms with E-state index in [1.807, 2.05) is 54.6 Å². The van der Waals surface area contributed by atoms with Crippen LogP contribution in [0.15, 0.2) is 54.6 Å². The number of benzene rings is 2. The average molecular weight is 438 g/mol. The Morgan fingerprint density at radius 3 is 2.06 bits per heavy atom. The summed E-state index contributed by atoms with van der Waals surface area (Å²) >= 11 is 0. The van der Waals surface area contributed by atoms with Gasteiger partial charge in [0.2, 0.25) is 0 Å². The van der Waals surface area contributed by atoms with Gasteiger partial charge in [-0.1, -0.05) is 54.6 Å². The van der Waals surface area contributed by atoms with Crippen LogP contribution >= 0.6 is 0 Å². The van der Waals surface area contributed by atoms with Crippen LogP contribution in [-0.2, 0) is 30.4 Å². The van der Waals surface area contributed by atoms with Crippen molar-refractivity contribution < 1.29 is 28.8 Å². The molecule has 1 atom stereocenters. The summed E-state index contributed by atoms with van der Waals surface area (Å²) in [5.74, 6) is -2.11. The molecule has 1 aliphatic rings. The molecule has 8 heteroatoms. The van der Waals surface area contributed by atoms with Crippen molar-refractivity contribution in [1.29, 1.82) is 0 Å². The van der Waals surface area contributed by atoms with E-state index in [0.29, 0.717) is 5.06 Å². The molecule has 1 N–H and O–H groups in total. The number of rotatable bonds is 6. The molecule has 0 spiro atoms. The zero-order chi connectivity index (χ0) is 23.3. The minimum absolute atomic E-state index is 0.0166. The number of nitrogens with one attached hydrogen (secondary N) is 1. The van der Waals surface area contributed by atoms with Crippen molar-refractivity contribution in [2.45, 2.75) is 51.7 Å². The molecule has 0 saturated carbocycles. The van der Waals surface area contributed by atoms with Crippen LogP contribution in [0, 0.1) is 0 Å². The first-order valence-electron chi connectivity index (χ1n) is 10.3. The number of hydrogen-bond donors (Lipinski definition) is 1. The van der Waals surface area contributed by atoms with E-state index >= 15 is 0 Å². The Labute approximate surface area is 186 Å². The maximum atomic E-state index is 12.7. The number of hydroxylamine groups is 2. The smallest absolute Gasteiger partial charge is 0.408 e. The molecule has 0 aromatic heterocycles. The van der Waals surface area contributed by atoms with Crippen molar-refractivity contribution in [2.75, 3.05) is 0 Å². The summed E-state index contributed by atoms with van der Waals surface area (Å²) in [6.45, 7) is 5.09. The van der Waals surface area contributed by atoms with Crippen molar-refractivity contribution in [3.63, 3.8) is 0 Å². The molecule has 1 saturated heterocycles. The number of carbonyl (C=O) groups is 4. The highest BCUT2D eigenvalue weighted by molar-refractivity contribution is 6.01. The molecule has 3 rings (SSSR count). The Kier molecular flexibility index (Phi) is 6.92. The Balaban J connectivity index is 1.75. The highest BCUT2D eigenvalue weighted by Gasteiger charge is 2.35. The number of nitrogens with zero attached hydrogens (tertiary/aromatic N) is 1. The summed E-state index contributed by atoms with van der Waals surface area (Å²) in [6.07, 6.45) is -0.753. The lowest BCUT2D eigenvalue weighted by atomic mass is 10.0. The van der Waals surface area contributed by atoms with Crippen molar-refractivity contribution in [2.24, 2.45) is 0 Å². The van der Waals surface area contributed by atoms with Crippen LogP contribution in [0.1, 0.15) is 39.2 Å². The van der Waals surface area contributed by atoms with Gasteiger partial charge in [0.25, 0.3) is 11.8 Å². The molecule has 8 nitrogen and oxygen atoms in total. The first-order chi connectivity index (χ1) is 15.1. The number of hydrogen-bond acceptors (Lipinski definition) is 6. The van der Waals surface area contributed by atoms with Crippen molar-refractivity contribution in [1.82, 2.24) is 10.4 Å². The van der Waals surface area contributed by atoms with Gasteiger partial charge in [0.15, 0.2) is 0 Å². The second-order valence-corrected chi connectivity index (χ2v) is 8.46. The van der Waals surface area contributed by atoms with Crippen LogP contribution in [0.25, 0.3) is 11.1 Å². The SMILES string of the molecule is CC(C)(C)OC(=O)N[C@@H](Cc1ccc(-c2ccccc2)cc1)C(=O)ON1C(=O)CCC1=O. The molecule has 168 valence electrons. The number of imide groups is 1. The molecule has 0 bridgehead atoms. The molecule has 2 aromatic carbocycles. The third-order valence-corrected chi connectivity index (χ3v) is 4.66. The molecule has 1 heterocycles. The van der Waals surface area contributed by atoms with Crippen LogP contribution in [0.4, 0.5) is 4.79 Å². The van der Waals surface area contributed by atoms with Crippen molar-refractivity contribution in [3.05, 3.63) is 60.2 Å². The monoisotopic (exact) mass is 438 g/mol. The van der Waals surface area contributed by atoms with Gasteiger partial charge in [0.05, 0.1) is 0 Å². The first-order valence-corrected chi connectivity index (χ1v) is 10.3. The fourth-order valence-corrected chi connectivity index (χ4v) is 3.15. The molecule has 3 amide bonds. The van der Waals surface area contributed by atoms with Gasteiger partial charge in [-0.05, 0) is 37.5 Å².